The maximum atomic E-state index is 5.70. The Morgan fingerprint density at radius 1 is 1.59 bits per heavy atom. The minimum absolute atomic E-state index is 0.0820. The molecule has 1 aliphatic heterocycles. The summed E-state index contributed by atoms with van der Waals surface area (Å²) in [6.45, 7) is 7.07. The first-order chi connectivity index (χ1) is 8.23. The number of ether oxygens (including phenoxy) is 1. The first-order valence-electron chi connectivity index (χ1n) is 6.30. The molecule has 2 heterocycles. The van der Waals surface area contributed by atoms with Crippen LogP contribution in [0.5, 0.6) is 5.75 Å². The number of aromatic nitrogens is 1. The zero-order valence-electron chi connectivity index (χ0n) is 10.6. The third-order valence-electron chi connectivity index (χ3n) is 3.02. The van der Waals surface area contributed by atoms with Gasteiger partial charge >= 0.3 is 0 Å². The summed E-state index contributed by atoms with van der Waals surface area (Å²) in [5, 5.41) is 6.86. The fraction of sp³-hybridized carbons (Fsp3) is 0.615. The minimum Gasteiger partial charge on any atom is -0.490 e. The van der Waals surface area contributed by atoms with E-state index in [-0.39, 0.29) is 5.54 Å². The van der Waals surface area contributed by atoms with Crippen LogP contribution in [0.15, 0.2) is 18.3 Å². The van der Waals surface area contributed by atoms with E-state index in [0.717, 1.165) is 44.1 Å². The van der Waals surface area contributed by atoms with Crippen molar-refractivity contribution in [2.24, 2.45) is 0 Å². The maximum absolute atomic E-state index is 5.70. The maximum Gasteiger partial charge on any atom is 0.169 e. The Labute approximate surface area is 103 Å². The van der Waals surface area contributed by atoms with Crippen molar-refractivity contribution in [3.8, 4) is 5.75 Å². The summed E-state index contributed by atoms with van der Waals surface area (Å²) in [7, 11) is 0. The van der Waals surface area contributed by atoms with E-state index >= 15 is 0 Å². The van der Waals surface area contributed by atoms with Crippen molar-refractivity contribution in [2.75, 3.05) is 25.0 Å². The summed E-state index contributed by atoms with van der Waals surface area (Å²) >= 11 is 0. The Morgan fingerprint density at radius 2 is 2.47 bits per heavy atom. The second-order valence-electron chi connectivity index (χ2n) is 4.81. The van der Waals surface area contributed by atoms with E-state index in [1.54, 1.807) is 6.20 Å². The van der Waals surface area contributed by atoms with Crippen LogP contribution in [0.1, 0.15) is 26.7 Å². The lowest BCUT2D eigenvalue weighted by atomic mass is 10.0. The third kappa shape index (κ3) is 3.09. The lowest BCUT2D eigenvalue weighted by molar-refractivity contribution is 0.317. The summed E-state index contributed by atoms with van der Waals surface area (Å²) < 4.78 is 5.70. The molecule has 2 N–H and O–H groups in total. The number of rotatable bonds is 5. The summed E-state index contributed by atoms with van der Waals surface area (Å²) in [4.78, 5) is 4.38. The van der Waals surface area contributed by atoms with Gasteiger partial charge in [0.1, 0.15) is 0 Å². The molecule has 2 rings (SSSR count). The van der Waals surface area contributed by atoms with Crippen LogP contribution in [-0.2, 0) is 0 Å². The van der Waals surface area contributed by atoms with Crippen LogP contribution in [0, 0.1) is 0 Å². The number of hydrogen-bond acceptors (Lipinski definition) is 4. The van der Waals surface area contributed by atoms with Crippen LogP contribution in [0.25, 0.3) is 0 Å². The molecule has 0 radical (unpaired) electrons. The Hall–Kier alpha value is -1.29. The van der Waals surface area contributed by atoms with Gasteiger partial charge in [-0.15, -0.1) is 0 Å². The van der Waals surface area contributed by atoms with Crippen LogP contribution < -0.4 is 15.4 Å². The second-order valence-corrected chi connectivity index (χ2v) is 4.81. The highest BCUT2D eigenvalue weighted by Gasteiger charge is 2.29. The number of nitrogens with zero attached hydrogens (tertiary/aromatic N) is 1. The van der Waals surface area contributed by atoms with E-state index in [9.17, 15) is 0 Å². The average molecular weight is 235 g/mol. The summed E-state index contributed by atoms with van der Waals surface area (Å²) in [5.74, 6) is 1.70. The minimum atomic E-state index is 0.0820. The molecule has 1 saturated heterocycles. The number of nitrogens with one attached hydrogen (secondary N) is 2. The first-order valence-corrected chi connectivity index (χ1v) is 6.30. The quantitative estimate of drug-likeness (QED) is 0.820. The second kappa shape index (κ2) is 5.36. The lowest BCUT2D eigenvalue weighted by Gasteiger charge is -2.26. The molecule has 1 aliphatic rings. The molecule has 1 fully saturated rings. The molecule has 1 aromatic heterocycles. The highest BCUT2D eigenvalue weighted by Crippen LogP contribution is 2.27. The van der Waals surface area contributed by atoms with Crippen molar-refractivity contribution in [3.63, 3.8) is 0 Å². The first kappa shape index (κ1) is 12.2. The van der Waals surface area contributed by atoms with Crippen molar-refractivity contribution >= 4 is 5.82 Å². The van der Waals surface area contributed by atoms with E-state index in [1.165, 1.54) is 0 Å². The standard InChI is InChI=1S/C13H21N3O/c1-3-9-17-11-5-4-7-15-12(11)16-13(2)6-8-14-10-13/h4-5,7,14H,3,6,8-10H2,1-2H3,(H,15,16). The molecule has 0 aliphatic carbocycles. The van der Waals surface area contributed by atoms with Crippen LogP contribution in [0.3, 0.4) is 0 Å². The van der Waals surface area contributed by atoms with Crippen molar-refractivity contribution in [1.82, 2.24) is 10.3 Å². The van der Waals surface area contributed by atoms with Crippen LogP contribution >= 0.6 is 0 Å². The Balaban J connectivity index is 2.08. The monoisotopic (exact) mass is 235 g/mol. The highest BCUT2D eigenvalue weighted by molar-refractivity contribution is 5.51. The van der Waals surface area contributed by atoms with Gasteiger partial charge in [-0.1, -0.05) is 6.92 Å². The van der Waals surface area contributed by atoms with Crippen LogP contribution in [0.4, 0.5) is 5.82 Å². The molecule has 0 amide bonds. The molecule has 4 nitrogen and oxygen atoms in total. The largest absolute Gasteiger partial charge is 0.490 e. The van der Waals surface area contributed by atoms with Gasteiger partial charge in [0.2, 0.25) is 0 Å². The predicted molar refractivity (Wildman–Crippen MR) is 69.5 cm³/mol. The molecular weight excluding hydrogens is 214 g/mol. The molecule has 1 unspecified atom stereocenters. The van der Waals surface area contributed by atoms with Crippen molar-refractivity contribution in [3.05, 3.63) is 18.3 Å². The van der Waals surface area contributed by atoms with E-state index < -0.39 is 0 Å². The van der Waals surface area contributed by atoms with Crippen molar-refractivity contribution in [1.29, 1.82) is 0 Å². The van der Waals surface area contributed by atoms with E-state index in [0.29, 0.717) is 0 Å². The molecule has 1 atom stereocenters. The highest BCUT2D eigenvalue weighted by atomic mass is 16.5. The van der Waals surface area contributed by atoms with Crippen molar-refractivity contribution < 1.29 is 4.74 Å². The fourth-order valence-corrected chi connectivity index (χ4v) is 2.02. The summed E-state index contributed by atoms with van der Waals surface area (Å²) in [6, 6.07) is 3.88. The molecule has 0 spiro atoms. The normalized spacial score (nSPS) is 23.6. The Bertz CT molecular complexity index is 361. The van der Waals surface area contributed by atoms with E-state index in [2.05, 4.69) is 29.5 Å². The van der Waals surface area contributed by atoms with Gasteiger partial charge in [-0.2, -0.15) is 0 Å². The van der Waals surface area contributed by atoms with Crippen molar-refractivity contribution in [2.45, 2.75) is 32.2 Å². The number of anilines is 1. The van der Waals surface area contributed by atoms with Gasteiger partial charge in [0, 0.05) is 18.3 Å². The van der Waals surface area contributed by atoms with Crippen LogP contribution in [0.2, 0.25) is 0 Å². The molecule has 4 heteroatoms. The Morgan fingerprint density at radius 3 is 3.18 bits per heavy atom. The molecule has 94 valence electrons. The lowest BCUT2D eigenvalue weighted by Crippen LogP contribution is -2.37. The van der Waals surface area contributed by atoms with E-state index in [1.807, 2.05) is 12.1 Å². The average Bonchev–Trinajstić information content (AvgIpc) is 2.75. The van der Waals surface area contributed by atoms with Gasteiger partial charge in [0.25, 0.3) is 0 Å². The number of hydrogen-bond donors (Lipinski definition) is 2. The van der Waals surface area contributed by atoms with Crippen LogP contribution in [-0.4, -0.2) is 30.2 Å². The molecule has 1 aromatic rings. The zero-order chi connectivity index (χ0) is 12.1. The number of pyridine rings is 1. The Kier molecular flexibility index (Phi) is 3.84. The smallest absolute Gasteiger partial charge is 0.169 e. The third-order valence-corrected chi connectivity index (χ3v) is 3.02. The van der Waals surface area contributed by atoms with E-state index in [4.69, 9.17) is 4.74 Å². The molecule has 0 aromatic carbocycles. The molecule has 17 heavy (non-hydrogen) atoms. The SMILES string of the molecule is CCCOc1cccnc1NC1(C)CCNC1. The van der Waals surface area contributed by atoms with Gasteiger partial charge in [-0.3, -0.25) is 0 Å². The topological polar surface area (TPSA) is 46.2 Å². The van der Waals surface area contributed by atoms with Gasteiger partial charge in [0.15, 0.2) is 11.6 Å². The molecule has 0 bridgehead atoms. The fourth-order valence-electron chi connectivity index (χ4n) is 2.02. The van der Waals surface area contributed by atoms with Gasteiger partial charge < -0.3 is 15.4 Å². The van der Waals surface area contributed by atoms with Gasteiger partial charge in [-0.05, 0) is 38.4 Å². The molecule has 0 saturated carbocycles. The van der Waals surface area contributed by atoms with Gasteiger partial charge in [-0.25, -0.2) is 4.98 Å². The predicted octanol–water partition coefficient (Wildman–Crippen LogP) is 2.03. The molecular formula is C13H21N3O. The van der Waals surface area contributed by atoms with Gasteiger partial charge in [0.05, 0.1) is 6.61 Å². The zero-order valence-corrected chi connectivity index (χ0v) is 10.6. The summed E-state index contributed by atoms with van der Waals surface area (Å²) in [5.41, 5.74) is 0.0820. The summed E-state index contributed by atoms with van der Waals surface area (Å²) in [6.07, 6.45) is 3.91.